The molecular formula is C67H119NO3. The normalized spacial score (nSPS) is 13.5. The summed E-state index contributed by atoms with van der Waals surface area (Å²) in [6.45, 7) is 4.21. The topological polar surface area (TPSA) is 69.6 Å². The van der Waals surface area contributed by atoms with E-state index in [0.29, 0.717) is 6.42 Å². The number of carbonyl (C=O) groups is 1. The number of aliphatic hydroxyl groups is 2. The summed E-state index contributed by atoms with van der Waals surface area (Å²) in [7, 11) is 0. The van der Waals surface area contributed by atoms with Crippen molar-refractivity contribution in [2.24, 2.45) is 0 Å². The van der Waals surface area contributed by atoms with Gasteiger partial charge in [0.15, 0.2) is 0 Å². The average molecular weight is 987 g/mol. The number of allylic oxidation sites excluding steroid dienone is 15. The summed E-state index contributed by atoms with van der Waals surface area (Å²) in [5.74, 6) is -0.0835. The Kier molecular flexibility index (Phi) is 59.3. The van der Waals surface area contributed by atoms with Crippen LogP contribution in [0.25, 0.3) is 0 Å². The number of hydrogen-bond donors (Lipinski definition) is 3. The molecule has 0 aromatic rings. The lowest BCUT2D eigenvalue weighted by atomic mass is 10.0. The number of unbranched alkanes of at least 4 members (excludes halogenated alkanes) is 35. The highest BCUT2D eigenvalue weighted by Crippen LogP contribution is 2.17. The first-order valence-corrected chi connectivity index (χ1v) is 31.0. The molecule has 4 nitrogen and oxygen atoms in total. The van der Waals surface area contributed by atoms with Gasteiger partial charge in [0.2, 0.25) is 5.91 Å². The predicted molar refractivity (Wildman–Crippen MR) is 317 cm³/mol. The van der Waals surface area contributed by atoms with Crippen LogP contribution in [-0.4, -0.2) is 34.9 Å². The van der Waals surface area contributed by atoms with E-state index < -0.39 is 12.1 Å². The van der Waals surface area contributed by atoms with Crippen molar-refractivity contribution in [2.45, 2.75) is 315 Å². The molecule has 0 aliphatic carbocycles. The Labute approximate surface area is 443 Å². The molecule has 0 bridgehead atoms. The summed E-state index contributed by atoms with van der Waals surface area (Å²) in [6.07, 6.45) is 91.6. The maximum atomic E-state index is 12.5. The lowest BCUT2D eigenvalue weighted by Gasteiger charge is -2.20. The molecule has 0 saturated carbocycles. The van der Waals surface area contributed by atoms with E-state index in [-0.39, 0.29) is 12.5 Å². The van der Waals surface area contributed by atoms with Gasteiger partial charge in [-0.2, -0.15) is 0 Å². The highest BCUT2D eigenvalue weighted by atomic mass is 16.3. The lowest BCUT2D eigenvalue weighted by molar-refractivity contribution is -0.123. The molecule has 3 N–H and O–H groups in total. The predicted octanol–water partition coefficient (Wildman–Crippen LogP) is 20.9. The van der Waals surface area contributed by atoms with Gasteiger partial charge in [-0.1, -0.05) is 317 Å². The molecular weight excluding hydrogens is 867 g/mol. The van der Waals surface area contributed by atoms with Gasteiger partial charge in [0.1, 0.15) is 0 Å². The number of nitrogens with one attached hydrogen (secondary N) is 1. The fraction of sp³-hybridized carbons (Fsp3) is 0.746. The van der Waals surface area contributed by atoms with Crippen LogP contribution in [0, 0.1) is 0 Å². The van der Waals surface area contributed by atoms with E-state index in [0.717, 1.165) is 83.5 Å². The zero-order valence-electron chi connectivity index (χ0n) is 47.2. The molecule has 0 saturated heterocycles. The van der Waals surface area contributed by atoms with Gasteiger partial charge in [-0.05, 0) is 77.0 Å². The summed E-state index contributed by atoms with van der Waals surface area (Å²) in [5, 5.41) is 23.2. The highest BCUT2D eigenvalue weighted by molar-refractivity contribution is 5.76. The van der Waals surface area contributed by atoms with Gasteiger partial charge in [0.25, 0.3) is 0 Å². The summed E-state index contributed by atoms with van der Waals surface area (Å²) < 4.78 is 0. The van der Waals surface area contributed by atoms with Crippen LogP contribution in [0.15, 0.2) is 97.2 Å². The quantitative estimate of drug-likeness (QED) is 0.0420. The fourth-order valence-electron chi connectivity index (χ4n) is 9.16. The molecule has 0 spiro atoms. The maximum absolute atomic E-state index is 12.5. The largest absolute Gasteiger partial charge is 0.394 e. The third-order valence-corrected chi connectivity index (χ3v) is 13.8. The second kappa shape index (κ2) is 61.6. The van der Waals surface area contributed by atoms with Crippen LogP contribution in [0.5, 0.6) is 0 Å². The molecule has 0 aliphatic heterocycles. The molecule has 0 fully saturated rings. The monoisotopic (exact) mass is 986 g/mol. The van der Waals surface area contributed by atoms with Crippen LogP contribution in [0.4, 0.5) is 0 Å². The molecule has 0 aromatic heterocycles. The third-order valence-electron chi connectivity index (χ3n) is 13.8. The van der Waals surface area contributed by atoms with E-state index in [1.165, 1.54) is 199 Å². The average Bonchev–Trinajstić information content (AvgIpc) is 3.37. The minimum Gasteiger partial charge on any atom is -0.394 e. The van der Waals surface area contributed by atoms with Gasteiger partial charge >= 0.3 is 0 Å². The SMILES string of the molecule is CC/C=C\C/C=C\C/C=C\C/C=C\C/C=C\C/C=C\C/C=C\CCCCCCCC(=O)NC(CO)C(O)/C=C/CCCCCCCCCCCCCCCCCCCCCCCCCCCCCCCC. The molecule has 1 amide bonds. The van der Waals surface area contributed by atoms with E-state index in [9.17, 15) is 15.0 Å². The first-order valence-electron chi connectivity index (χ1n) is 31.0. The summed E-state index contributed by atoms with van der Waals surface area (Å²) in [4.78, 5) is 12.5. The first-order chi connectivity index (χ1) is 35.2. The fourth-order valence-corrected chi connectivity index (χ4v) is 9.16. The van der Waals surface area contributed by atoms with E-state index in [1.54, 1.807) is 6.08 Å². The second-order valence-corrected chi connectivity index (χ2v) is 20.7. The van der Waals surface area contributed by atoms with Crippen LogP contribution >= 0.6 is 0 Å². The van der Waals surface area contributed by atoms with Gasteiger partial charge in [-0.3, -0.25) is 4.79 Å². The molecule has 2 unspecified atom stereocenters. The second-order valence-electron chi connectivity index (χ2n) is 20.7. The molecule has 0 aromatic carbocycles. The number of hydrogen-bond acceptors (Lipinski definition) is 3. The summed E-state index contributed by atoms with van der Waals surface area (Å²) >= 11 is 0. The number of aliphatic hydroxyl groups excluding tert-OH is 2. The molecule has 0 radical (unpaired) electrons. The van der Waals surface area contributed by atoms with Crippen molar-refractivity contribution in [1.29, 1.82) is 0 Å². The van der Waals surface area contributed by atoms with Gasteiger partial charge in [-0.15, -0.1) is 0 Å². The van der Waals surface area contributed by atoms with E-state index in [2.05, 4.69) is 104 Å². The number of carbonyl (C=O) groups excluding carboxylic acids is 1. The zero-order valence-corrected chi connectivity index (χ0v) is 47.2. The molecule has 410 valence electrons. The molecule has 0 rings (SSSR count). The summed E-state index contributed by atoms with van der Waals surface area (Å²) in [6, 6.07) is -0.642. The molecule has 71 heavy (non-hydrogen) atoms. The number of amides is 1. The Morgan fingerprint density at radius 1 is 0.352 bits per heavy atom. The smallest absolute Gasteiger partial charge is 0.220 e. The first kappa shape index (κ1) is 68.3. The molecule has 2 atom stereocenters. The van der Waals surface area contributed by atoms with Crippen molar-refractivity contribution < 1.29 is 15.0 Å². The van der Waals surface area contributed by atoms with Gasteiger partial charge in [-0.25, -0.2) is 0 Å². The standard InChI is InChI=1S/C67H119NO3/c1-3-5-7-9-11-13-15-17-19-21-23-25-27-29-31-32-33-34-35-37-38-40-42-44-46-48-50-52-54-56-58-60-62-66(70)65(64-69)68-67(71)63-61-59-57-55-53-51-49-47-45-43-41-39-36-30-28-26-24-22-20-18-16-14-12-10-8-6-4-2/h6,8,12,14,18,20,24,26,30,36,41,43,47,49,60,62,65-66,69-70H,3-5,7,9-11,13,15-17,19,21-23,25,27-29,31-35,37-40,42,44-46,48,50-59,61,63-64H2,1-2H3,(H,68,71)/b8-6-,14-12-,20-18-,26-24-,36-30-,43-41-,49-47-,62-60+. The van der Waals surface area contributed by atoms with Crippen molar-refractivity contribution in [3.8, 4) is 0 Å². The van der Waals surface area contributed by atoms with Crippen molar-refractivity contribution in [1.82, 2.24) is 5.32 Å². The Morgan fingerprint density at radius 3 is 0.930 bits per heavy atom. The van der Waals surface area contributed by atoms with Gasteiger partial charge in [0.05, 0.1) is 18.8 Å². The summed E-state index contributed by atoms with van der Waals surface area (Å²) in [5.41, 5.74) is 0. The molecule has 0 heterocycles. The third kappa shape index (κ3) is 58.1. The van der Waals surface area contributed by atoms with Crippen LogP contribution in [0.2, 0.25) is 0 Å². The molecule has 0 aliphatic rings. The van der Waals surface area contributed by atoms with Crippen molar-refractivity contribution in [3.63, 3.8) is 0 Å². The van der Waals surface area contributed by atoms with Crippen molar-refractivity contribution in [2.75, 3.05) is 6.61 Å². The van der Waals surface area contributed by atoms with Crippen molar-refractivity contribution in [3.05, 3.63) is 97.2 Å². The highest BCUT2D eigenvalue weighted by Gasteiger charge is 2.18. The Balaban J connectivity index is 3.55. The lowest BCUT2D eigenvalue weighted by Crippen LogP contribution is -2.45. The van der Waals surface area contributed by atoms with E-state index >= 15 is 0 Å². The maximum Gasteiger partial charge on any atom is 0.220 e. The van der Waals surface area contributed by atoms with Crippen LogP contribution in [0.1, 0.15) is 303 Å². The number of rotatable bonds is 56. The van der Waals surface area contributed by atoms with Gasteiger partial charge < -0.3 is 15.5 Å². The van der Waals surface area contributed by atoms with Crippen LogP contribution < -0.4 is 5.32 Å². The zero-order chi connectivity index (χ0) is 51.3. The minimum absolute atomic E-state index is 0.0835. The molecule has 4 heteroatoms. The van der Waals surface area contributed by atoms with Gasteiger partial charge in [0, 0.05) is 6.42 Å². The van der Waals surface area contributed by atoms with E-state index in [4.69, 9.17) is 0 Å². The van der Waals surface area contributed by atoms with E-state index in [1.807, 2.05) is 6.08 Å². The Morgan fingerprint density at radius 2 is 0.620 bits per heavy atom. The van der Waals surface area contributed by atoms with Crippen molar-refractivity contribution >= 4 is 5.91 Å². The van der Waals surface area contributed by atoms with Crippen LogP contribution in [-0.2, 0) is 4.79 Å². The Bertz CT molecular complexity index is 1300. The minimum atomic E-state index is -0.857. The van der Waals surface area contributed by atoms with Crippen LogP contribution in [0.3, 0.4) is 0 Å². The Hall–Kier alpha value is -2.69.